The van der Waals surface area contributed by atoms with Crippen LogP contribution in [0, 0.1) is 11.6 Å². The van der Waals surface area contributed by atoms with Crippen LogP contribution in [0.5, 0.6) is 0 Å². The maximum atomic E-state index is 13.7. The second-order valence-corrected chi connectivity index (χ2v) is 5.02. The minimum absolute atomic E-state index is 0.119. The second-order valence-electron chi connectivity index (χ2n) is 3.97. The molecule has 0 spiro atoms. The van der Waals surface area contributed by atoms with Crippen molar-refractivity contribution >= 4 is 24.3 Å². The molecule has 2 nitrogen and oxygen atoms in total. The van der Waals surface area contributed by atoms with Gasteiger partial charge in [0, 0.05) is 10.6 Å². The molecular weight excluding hydrogens is 269 g/mol. The van der Waals surface area contributed by atoms with Crippen LogP contribution in [0.4, 0.5) is 8.78 Å². The van der Waals surface area contributed by atoms with Gasteiger partial charge in [0.1, 0.15) is 11.6 Å². The Kier molecular flexibility index (Phi) is 4.58. The molecule has 0 atom stereocenters. The smallest absolute Gasteiger partial charge is 0.423 e. The number of hydrogen-bond donors (Lipinski definition) is 2. The highest BCUT2D eigenvalue weighted by Gasteiger charge is 2.13. The van der Waals surface area contributed by atoms with Crippen molar-refractivity contribution in [2.24, 2.45) is 0 Å². The van der Waals surface area contributed by atoms with Crippen LogP contribution in [0.1, 0.15) is 5.56 Å². The van der Waals surface area contributed by atoms with Crippen LogP contribution < -0.4 is 5.46 Å². The SMILES string of the molecule is OB(O)c1ccc(CSc2ccc(F)cc2)c(F)c1. The highest BCUT2D eigenvalue weighted by molar-refractivity contribution is 7.98. The first-order valence-electron chi connectivity index (χ1n) is 5.59. The summed E-state index contributed by atoms with van der Waals surface area (Å²) in [6.07, 6.45) is 0. The summed E-state index contributed by atoms with van der Waals surface area (Å²) < 4.78 is 26.4. The van der Waals surface area contributed by atoms with E-state index in [1.54, 1.807) is 12.1 Å². The Balaban J connectivity index is 2.05. The van der Waals surface area contributed by atoms with Gasteiger partial charge >= 0.3 is 7.12 Å². The molecule has 0 bridgehead atoms. The lowest BCUT2D eigenvalue weighted by Gasteiger charge is -2.06. The van der Waals surface area contributed by atoms with Gasteiger partial charge in [-0.15, -0.1) is 11.8 Å². The van der Waals surface area contributed by atoms with Crippen molar-refractivity contribution in [1.82, 2.24) is 0 Å². The molecule has 0 unspecified atom stereocenters. The van der Waals surface area contributed by atoms with Crippen molar-refractivity contribution in [1.29, 1.82) is 0 Å². The first-order chi connectivity index (χ1) is 9.06. The Labute approximate surface area is 114 Å². The summed E-state index contributed by atoms with van der Waals surface area (Å²) in [5, 5.41) is 17.8. The van der Waals surface area contributed by atoms with Crippen molar-refractivity contribution in [3.8, 4) is 0 Å². The minimum Gasteiger partial charge on any atom is -0.423 e. The average molecular weight is 280 g/mol. The summed E-state index contributed by atoms with van der Waals surface area (Å²) in [7, 11) is -1.67. The lowest BCUT2D eigenvalue weighted by Crippen LogP contribution is -2.30. The molecule has 98 valence electrons. The van der Waals surface area contributed by atoms with E-state index in [4.69, 9.17) is 10.0 Å². The van der Waals surface area contributed by atoms with Gasteiger partial charge in [0.05, 0.1) is 0 Å². The van der Waals surface area contributed by atoms with Crippen molar-refractivity contribution in [2.45, 2.75) is 10.6 Å². The molecule has 2 aromatic carbocycles. The summed E-state index contributed by atoms with van der Waals surface area (Å²) in [5.41, 5.74) is 0.576. The fourth-order valence-corrected chi connectivity index (χ4v) is 2.42. The van der Waals surface area contributed by atoms with Crippen molar-refractivity contribution in [3.63, 3.8) is 0 Å². The van der Waals surface area contributed by atoms with Crippen molar-refractivity contribution in [2.75, 3.05) is 0 Å². The summed E-state index contributed by atoms with van der Waals surface area (Å²) in [4.78, 5) is 0.840. The molecule has 2 aromatic rings. The maximum Gasteiger partial charge on any atom is 0.488 e. The Morgan fingerprint density at radius 2 is 1.68 bits per heavy atom. The van der Waals surface area contributed by atoms with Gasteiger partial charge in [-0.05, 0) is 41.4 Å². The number of thioether (sulfide) groups is 1. The lowest BCUT2D eigenvalue weighted by molar-refractivity contribution is 0.425. The molecule has 0 aromatic heterocycles. The van der Waals surface area contributed by atoms with Gasteiger partial charge in [-0.25, -0.2) is 8.78 Å². The molecule has 0 aliphatic carbocycles. The zero-order valence-corrected chi connectivity index (χ0v) is 10.7. The average Bonchev–Trinajstić information content (AvgIpc) is 2.39. The van der Waals surface area contributed by atoms with E-state index in [1.165, 1.54) is 36.0 Å². The fraction of sp³-hybridized carbons (Fsp3) is 0.0769. The zero-order chi connectivity index (χ0) is 13.8. The van der Waals surface area contributed by atoms with E-state index in [0.717, 1.165) is 11.0 Å². The van der Waals surface area contributed by atoms with Gasteiger partial charge in [-0.2, -0.15) is 0 Å². The maximum absolute atomic E-state index is 13.7. The lowest BCUT2D eigenvalue weighted by atomic mass is 9.80. The quantitative estimate of drug-likeness (QED) is 0.664. The molecule has 0 aliphatic rings. The molecule has 6 heteroatoms. The van der Waals surface area contributed by atoms with Gasteiger partial charge in [0.25, 0.3) is 0 Å². The molecule has 0 heterocycles. The third-order valence-electron chi connectivity index (χ3n) is 2.58. The number of halogens is 2. The fourth-order valence-electron chi connectivity index (χ4n) is 1.53. The summed E-state index contributed by atoms with van der Waals surface area (Å²) in [5.74, 6) is -0.406. The van der Waals surface area contributed by atoms with Crippen LogP contribution >= 0.6 is 11.8 Å². The van der Waals surface area contributed by atoms with Gasteiger partial charge in [0.2, 0.25) is 0 Å². The molecule has 0 radical (unpaired) electrons. The standard InChI is InChI=1S/C13H11BF2O2S/c15-11-3-5-12(6-4-11)19-8-9-1-2-10(14(17)18)7-13(9)16/h1-7,17-18H,8H2. The number of benzene rings is 2. The third kappa shape index (κ3) is 3.80. The Morgan fingerprint density at radius 1 is 1.00 bits per heavy atom. The Morgan fingerprint density at radius 3 is 2.26 bits per heavy atom. The topological polar surface area (TPSA) is 40.5 Å². The first kappa shape index (κ1) is 14.1. The normalized spacial score (nSPS) is 10.5. The van der Waals surface area contributed by atoms with Crippen LogP contribution in [-0.4, -0.2) is 17.2 Å². The molecule has 2 N–H and O–H groups in total. The summed E-state index contributed by atoms with van der Waals surface area (Å²) in [6.45, 7) is 0. The van der Waals surface area contributed by atoms with Crippen LogP contribution in [0.25, 0.3) is 0 Å². The number of hydrogen-bond acceptors (Lipinski definition) is 3. The van der Waals surface area contributed by atoms with Gasteiger partial charge in [0.15, 0.2) is 0 Å². The molecule has 0 saturated carbocycles. The highest BCUT2D eigenvalue weighted by atomic mass is 32.2. The van der Waals surface area contributed by atoms with Crippen LogP contribution in [0.3, 0.4) is 0 Å². The van der Waals surface area contributed by atoms with E-state index >= 15 is 0 Å². The van der Waals surface area contributed by atoms with Gasteiger partial charge < -0.3 is 10.0 Å². The Bertz CT molecular complexity index is 561. The van der Waals surface area contributed by atoms with Gasteiger partial charge in [-0.1, -0.05) is 12.1 Å². The molecule has 19 heavy (non-hydrogen) atoms. The van der Waals surface area contributed by atoms with E-state index < -0.39 is 12.9 Å². The van der Waals surface area contributed by atoms with Crippen LogP contribution in [0.2, 0.25) is 0 Å². The van der Waals surface area contributed by atoms with E-state index in [1.807, 2.05) is 0 Å². The largest absolute Gasteiger partial charge is 0.488 e. The van der Waals surface area contributed by atoms with Gasteiger partial charge in [-0.3, -0.25) is 0 Å². The molecule has 0 amide bonds. The molecule has 0 aliphatic heterocycles. The minimum atomic E-state index is -1.67. The first-order valence-corrected chi connectivity index (χ1v) is 6.57. The summed E-state index contributed by atoms with van der Waals surface area (Å²) >= 11 is 1.38. The molecule has 2 rings (SSSR count). The van der Waals surface area contributed by atoms with Crippen molar-refractivity contribution in [3.05, 3.63) is 59.7 Å². The predicted octanol–water partition coefficient (Wildman–Crippen LogP) is 1.94. The van der Waals surface area contributed by atoms with E-state index in [-0.39, 0.29) is 11.3 Å². The van der Waals surface area contributed by atoms with Crippen LogP contribution in [-0.2, 0) is 5.75 Å². The highest BCUT2D eigenvalue weighted by Crippen LogP contribution is 2.23. The molecule has 0 fully saturated rings. The Hall–Kier alpha value is -1.37. The molecular formula is C13H11BF2O2S. The molecule has 0 saturated heterocycles. The monoisotopic (exact) mass is 280 g/mol. The second kappa shape index (κ2) is 6.19. The van der Waals surface area contributed by atoms with E-state index in [0.29, 0.717) is 11.3 Å². The van der Waals surface area contributed by atoms with E-state index in [9.17, 15) is 8.78 Å². The number of rotatable bonds is 4. The van der Waals surface area contributed by atoms with Crippen molar-refractivity contribution < 1.29 is 18.8 Å². The zero-order valence-electron chi connectivity index (χ0n) is 9.88. The summed E-state index contributed by atoms with van der Waals surface area (Å²) in [6, 6.07) is 10.0. The third-order valence-corrected chi connectivity index (χ3v) is 3.64. The van der Waals surface area contributed by atoms with Crippen LogP contribution in [0.15, 0.2) is 47.4 Å². The van der Waals surface area contributed by atoms with E-state index in [2.05, 4.69) is 0 Å². The predicted molar refractivity (Wildman–Crippen MR) is 72.2 cm³/mol.